The number of imidazole rings is 1. The number of aromatic nitrogens is 2. The van der Waals surface area contributed by atoms with E-state index in [9.17, 15) is 4.79 Å². The second-order valence-electron chi connectivity index (χ2n) is 4.91. The fraction of sp³-hybridized carbons (Fsp3) is 0.0625. The van der Waals surface area contributed by atoms with Crippen LogP contribution in [0.5, 0.6) is 5.75 Å². The normalized spacial score (nSPS) is 15.8. The molecule has 6 nitrogen and oxygen atoms in total. The molecule has 0 amide bonds. The van der Waals surface area contributed by atoms with Gasteiger partial charge in [-0.15, -0.1) is 11.3 Å². The molecule has 3 aromatic rings. The Kier molecular flexibility index (Phi) is 3.59. The van der Waals surface area contributed by atoms with Gasteiger partial charge in [0, 0.05) is 17.1 Å². The predicted molar refractivity (Wildman–Crippen MR) is 91.7 cm³/mol. The van der Waals surface area contributed by atoms with Gasteiger partial charge in [0.1, 0.15) is 5.75 Å². The summed E-state index contributed by atoms with van der Waals surface area (Å²) in [5, 5.41) is 2.20. The lowest BCUT2D eigenvalue weighted by molar-refractivity contribution is -0.129. The highest BCUT2D eigenvalue weighted by molar-refractivity contribution is 7.15. The zero-order valence-electron chi connectivity index (χ0n) is 12.4. The van der Waals surface area contributed by atoms with E-state index in [1.54, 1.807) is 41.9 Å². The predicted octanol–water partition coefficient (Wildman–Crippen LogP) is 3.40. The molecule has 0 aliphatic carbocycles. The average molecular weight is 360 g/mol. The number of benzene rings is 1. The second-order valence-corrected chi connectivity index (χ2v) is 6.14. The lowest BCUT2D eigenvalue weighted by Gasteiger charge is -2.02. The number of hydrogen-bond acceptors (Lipinski definition) is 6. The van der Waals surface area contributed by atoms with Gasteiger partial charge in [-0.05, 0) is 24.3 Å². The first-order valence-electron chi connectivity index (χ1n) is 6.94. The van der Waals surface area contributed by atoms with Gasteiger partial charge in [0.05, 0.1) is 12.8 Å². The highest BCUT2D eigenvalue weighted by Gasteiger charge is 2.25. The molecule has 0 bridgehead atoms. The fourth-order valence-electron chi connectivity index (χ4n) is 2.32. The van der Waals surface area contributed by atoms with Crippen LogP contribution in [0.4, 0.5) is 0 Å². The van der Waals surface area contributed by atoms with E-state index < -0.39 is 5.97 Å². The Bertz CT molecular complexity index is 1020. The van der Waals surface area contributed by atoms with Crippen LogP contribution in [0.1, 0.15) is 11.3 Å². The molecule has 1 aliphatic heterocycles. The summed E-state index contributed by atoms with van der Waals surface area (Å²) >= 11 is 7.60. The van der Waals surface area contributed by atoms with Crippen molar-refractivity contribution in [1.82, 2.24) is 9.38 Å². The molecule has 0 saturated heterocycles. The summed E-state index contributed by atoms with van der Waals surface area (Å²) in [7, 11) is 1.57. The number of thiazole rings is 1. The van der Waals surface area contributed by atoms with E-state index in [1.165, 1.54) is 11.3 Å². The van der Waals surface area contributed by atoms with E-state index in [-0.39, 0.29) is 11.6 Å². The number of ether oxygens (including phenoxy) is 2. The summed E-state index contributed by atoms with van der Waals surface area (Å²) in [6.07, 6.45) is 3.41. The van der Waals surface area contributed by atoms with Crippen molar-refractivity contribution >= 4 is 45.8 Å². The maximum absolute atomic E-state index is 12.1. The third-order valence-corrected chi connectivity index (χ3v) is 4.50. The van der Waals surface area contributed by atoms with Crippen LogP contribution in [0, 0.1) is 0 Å². The molecule has 0 unspecified atom stereocenters. The lowest BCUT2D eigenvalue weighted by Crippen LogP contribution is -2.05. The highest BCUT2D eigenvalue weighted by Crippen LogP contribution is 2.26. The molecule has 0 saturated carbocycles. The molecule has 0 fully saturated rings. The van der Waals surface area contributed by atoms with Gasteiger partial charge >= 0.3 is 5.97 Å². The highest BCUT2D eigenvalue weighted by atomic mass is 35.5. The van der Waals surface area contributed by atoms with Crippen molar-refractivity contribution in [2.45, 2.75) is 0 Å². The molecule has 0 spiro atoms. The van der Waals surface area contributed by atoms with Crippen molar-refractivity contribution < 1.29 is 14.3 Å². The minimum atomic E-state index is -0.533. The zero-order valence-corrected chi connectivity index (χ0v) is 14.0. The van der Waals surface area contributed by atoms with E-state index in [4.69, 9.17) is 21.1 Å². The van der Waals surface area contributed by atoms with Crippen LogP contribution in [0.2, 0.25) is 5.15 Å². The van der Waals surface area contributed by atoms with Crippen LogP contribution in [-0.4, -0.2) is 28.4 Å². The fourth-order valence-corrected chi connectivity index (χ4v) is 3.32. The van der Waals surface area contributed by atoms with Crippen molar-refractivity contribution in [3.63, 3.8) is 0 Å². The summed E-state index contributed by atoms with van der Waals surface area (Å²) in [6, 6.07) is 7.14. The van der Waals surface area contributed by atoms with Crippen LogP contribution >= 0.6 is 22.9 Å². The number of aliphatic imine (C=N–C) groups is 1. The molecule has 8 heteroatoms. The van der Waals surface area contributed by atoms with Gasteiger partial charge in [0.25, 0.3) is 0 Å². The number of carbonyl (C=O) groups is 1. The number of rotatable bonds is 3. The molecule has 4 rings (SSSR count). The van der Waals surface area contributed by atoms with Crippen LogP contribution in [-0.2, 0) is 9.53 Å². The first-order valence-corrected chi connectivity index (χ1v) is 8.19. The SMILES string of the molecule is COc1cccc(C2=N/C(=C/c3c(Cl)nc4sccn34)C(=O)O2)c1. The molecular weight excluding hydrogens is 350 g/mol. The second kappa shape index (κ2) is 5.77. The third-order valence-electron chi connectivity index (χ3n) is 3.46. The topological polar surface area (TPSA) is 65.2 Å². The number of carbonyl (C=O) groups excluding carboxylic acids is 1. The summed E-state index contributed by atoms with van der Waals surface area (Å²) in [5.41, 5.74) is 1.42. The average Bonchev–Trinajstić information content (AvgIpc) is 3.25. The first-order chi connectivity index (χ1) is 11.7. The Hall–Kier alpha value is -2.64. The minimum absolute atomic E-state index is 0.169. The van der Waals surface area contributed by atoms with E-state index >= 15 is 0 Å². The van der Waals surface area contributed by atoms with Crippen molar-refractivity contribution in [2.75, 3.05) is 7.11 Å². The standard InChI is InChI=1S/C16H10ClN3O3S/c1-22-10-4-2-3-9(7-10)14-18-11(15(21)23-14)8-12-13(17)19-16-20(12)5-6-24-16/h2-8H,1H3/b11-8+. The monoisotopic (exact) mass is 359 g/mol. The van der Waals surface area contributed by atoms with Gasteiger partial charge in [-0.25, -0.2) is 14.8 Å². The Morgan fingerprint density at radius 1 is 1.42 bits per heavy atom. The zero-order chi connectivity index (χ0) is 16.7. The Morgan fingerprint density at radius 2 is 2.29 bits per heavy atom. The smallest absolute Gasteiger partial charge is 0.363 e. The Balaban J connectivity index is 1.75. The van der Waals surface area contributed by atoms with Gasteiger partial charge in [0.15, 0.2) is 15.8 Å². The quantitative estimate of drug-likeness (QED) is 0.531. The van der Waals surface area contributed by atoms with Gasteiger partial charge in [0.2, 0.25) is 5.90 Å². The van der Waals surface area contributed by atoms with Crippen LogP contribution in [0.15, 0.2) is 46.5 Å². The number of hydrogen-bond donors (Lipinski definition) is 0. The van der Waals surface area contributed by atoms with Gasteiger partial charge < -0.3 is 9.47 Å². The van der Waals surface area contributed by atoms with E-state index in [0.717, 1.165) is 4.96 Å². The van der Waals surface area contributed by atoms with Crippen LogP contribution < -0.4 is 4.74 Å². The van der Waals surface area contributed by atoms with Crippen LogP contribution in [0.3, 0.4) is 0 Å². The van der Waals surface area contributed by atoms with E-state index in [2.05, 4.69) is 9.98 Å². The Labute approximate surface area is 145 Å². The van der Waals surface area contributed by atoms with Gasteiger partial charge in [-0.2, -0.15) is 0 Å². The molecule has 1 aromatic carbocycles. The summed E-state index contributed by atoms with van der Waals surface area (Å²) in [5.74, 6) is 0.351. The van der Waals surface area contributed by atoms with Crippen molar-refractivity contribution in [1.29, 1.82) is 0 Å². The summed E-state index contributed by atoms with van der Waals surface area (Å²) in [4.78, 5) is 21.4. The first kappa shape index (κ1) is 14.9. The summed E-state index contributed by atoms with van der Waals surface area (Å²) < 4.78 is 12.2. The molecular formula is C16H10ClN3O3S. The largest absolute Gasteiger partial charge is 0.497 e. The van der Waals surface area contributed by atoms with Crippen molar-refractivity contribution in [2.24, 2.45) is 4.99 Å². The van der Waals surface area contributed by atoms with Crippen LogP contribution in [0.25, 0.3) is 11.0 Å². The molecule has 0 radical (unpaired) electrons. The maximum Gasteiger partial charge on any atom is 0.363 e. The van der Waals surface area contributed by atoms with E-state index in [1.807, 2.05) is 11.6 Å². The van der Waals surface area contributed by atoms with Crippen molar-refractivity contribution in [3.8, 4) is 5.75 Å². The molecule has 0 atom stereocenters. The van der Waals surface area contributed by atoms with E-state index in [0.29, 0.717) is 22.2 Å². The molecule has 1 aliphatic rings. The molecule has 2 aromatic heterocycles. The number of esters is 1. The number of cyclic esters (lactones) is 1. The minimum Gasteiger partial charge on any atom is -0.497 e. The molecule has 0 N–H and O–H groups in total. The summed E-state index contributed by atoms with van der Waals surface area (Å²) in [6.45, 7) is 0. The number of nitrogens with zero attached hydrogens (tertiary/aromatic N) is 3. The van der Waals surface area contributed by atoms with Crippen molar-refractivity contribution in [3.05, 3.63) is 57.9 Å². The maximum atomic E-state index is 12.1. The number of methoxy groups -OCH3 is 1. The number of halogens is 1. The van der Waals surface area contributed by atoms with Gasteiger partial charge in [-0.1, -0.05) is 17.7 Å². The lowest BCUT2D eigenvalue weighted by atomic mass is 10.2. The molecule has 24 heavy (non-hydrogen) atoms. The third kappa shape index (κ3) is 2.47. The number of fused-ring (bicyclic) bond motifs is 1. The molecule has 3 heterocycles. The Morgan fingerprint density at radius 3 is 3.12 bits per heavy atom. The van der Waals surface area contributed by atoms with Gasteiger partial charge in [-0.3, -0.25) is 4.40 Å². The molecule has 120 valence electrons.